The second kappa shape index (κ2) is 6.12. The number of amides is 1. The quantitative estimate of drug-likeness (QED) is 0.901. The molecule has 0 spiro atoms. The molecule has 1 amide bonds. The summed E-state index contributed by atoms with van der Waals surface area (Å²) in [6, 6.07) is 7.90. The SMILES string of the molecule is Cc1noc(C(C)C)c1C(=O)Nc1cccc(C(C)C)c1. The molecule has 1 heterocycles. The molecule has 1 aromatic heterocycles. The number of nitrogens with one attached hydrogen (secondary N) is 1. The summed E-state index contributed by atoms with van der Waals surface area (Å²) in [6.07, 6.45) is 0. The van der Waals surface area contributed by atoms with Gasteiger partial charge in [-0.3, -0.25) is 4.79 Å². The molecule has 0 saturated heterocycles. The Hall–Kier alpha value is -2.10. The Morgan fingerprint density at radius 2 is 1.90 bits per heavy atom. The molecule has 1 aromatic carbocycles. The van der Waals surface area contributed by atoms with E-state index in [1.54, 1.807) is 6.92 Å². The molecule has 0 fully saturated rings. The smallest absolute Gasteiger partial charge is 0.261 e. The van der Waals surface area contributed by atoms with Gasteiger partial charge < -0.3 is 9.84 Å². The third-order valence-electron chi connectivity index (χ3n) is 3.45. The highest BCUT2D eigenvalue weighted by molar-refractivity contribution is 6.05. The first kappa shape index (κ1) is 15.3. The normalized spacial score (nSPS) is 11.2. The minimum atomic E-state index is -0.168. The first-order valence-electron chi connectivity index (χ1n) is 7.27. The summed E-state index contributed by atoms with van der Waals surface area (Å²) < 4.78 is 5.27. The van der Waals surface area contributed by atoms with E-state index < -0.39 is 0 Å². The topological polar surface area (TPSA) is 55.1 Å². The largest absolute Gasteiger partial charge is 0.360 e. The van der Waals surface area contributed by atoms with E-state index in [0.29, 0.717) is 22.9 Å². The highest BCUT2D eigenvalue weighted by Gasteiger charge is 2.22. The number of benzene rings is 1. The number of nitrogens with zero attached hydrogens (tertiary/aromatic N) is 1. The summed E-state index contributed by atoms with van der Waals surface area (Å²) >= 11 is 0. The molecule has 21 heavy (non-hydrogen) atoms. The van der Waals surface area contributed by atoms with Crippen LogP contribution in [0.1, 0.15) is 66.9 Å². The van der Waals surface area contributed by atoms with Crippen LogP contribution in [0.4, 0.5) is 5.69 Å². The van der Waals surface area contributed by atoms with Gasteiger partial charge in [-0.2, -0.15) is 0 Å². The summed E-state index contributed by atoms with van der Waals surface area (Å²) in [5, 5.41) is 6.85. The average molecular weight is 286 g/mol. The predicted molar refractivity (Wildman–Crippen MR) is 83.8 cm³/mol. The van der Waals surface area contributed by atoms with Crippen LogP contribution in [0.2, 0.25) is 0 Å². The van der Waals surface area contributed by atoms with Crippen molar-refractivity contribution >= 4 is 11.6 Å². The Morgan fingerprint density at radius 1 is 1.19 bits per heavy atom. The van der Waals surface area contributed by atoms with Crippen molar-refractivity contribution in [1.29, 1.82) is 0 Å². The van der Waals surface area contributed by atoms with Crippen LogP contribution in [-0.2, 0) is 0 Å². The second-order valence-corrected chi connectivity index (χ2v) is 5.90. The maximum absolute atomic E-state index is 12.5. The van der Waals surface area contributed by atoms with Crippen molar-refractivity contribution in [2.24, 2.45) is 0 Å². The lowest BCUT2D eigenvalue weighted by Gasteiger charge is -2.10. The second-order valence-electron chi connectivity index (χ2n) is 5.90. The summed E-state index contributed by atoms with van der Waals surface area (Å²) in [7, 11) is 0. The van der Waals surface area contributed by atoms with E-state index in [4.69, 9.17) is 4.52 Å². The Morgan fingerprint density at radius 3 is 2.52 bits per heavy atom. The molecule has 1 N–H and O–H groups in total. The lowest BCUT2D eigenvalue weighted by Crippen LogP contribution is -2.15. The molecule has 0 aliphatic heterocycles. The molecule has 0 aliphatic carbocycles. The van der Waals surface area contributed by atoms with E-state index in [-0.39, 0.29) is 11.8 Å². The van der Waals surface area contributed by atoms with Crippen LogP contribution in [0.25, 0.3) is 0 Å². The molecular formula is C17H22N2O2. The molecule has 0 bridgehead atoms. The Balaban J connectivity index is 2.26. The van der Waals surface area contributed by atoms with E-state index in [1.165, 1.54) is 5.56 Å². The van der Waals surface area contributed by atoms with Gasteiger partial charge in [-0.15, -0.1) is 0 Å². The molecule has 4 nitrogen and oxygen atoms in total. The standard InChI is InChI=1S/C17H22N2O2/c1-10(2)13-7-6-8-14(9-13)18-17(20)15-12(5)19-21-16(15)11(3)4/h6-11H,1-5H3,(H,18,20). The van der Waals surface area contributed by atoms with Gasteiger partial charge in [0.05, 0.1) is 5.69 Å². The fourth-order valence-corrected chi connectivity index (χ4v) is 2.23. The fourth-order valence-electron chi connectivity index (χ4n) is 2.23. The van der Waals surface area contributed by atoms with Crippen molar-refractivity contribution in [3.8, 4) is 0 Å². The molecule has 2 aromatic rings. The van der Waals surface area contributed by atoms with E-state index >= 15 is 0 Å². The molecule has 4 heteroatoms. The van der Waals surface area contributed by atoms with E-state index in [2.05, 4.69) is 30.4 Å². The Bertz CT molecular complexity index is 642. The monoisotopic (exact) mass is 286 g/mol. The molecule has 2 rings (SSSR count). The average Bonchev–Trinajstić information content (AvgIpc) is 2.81. The Kier molecular flexibility index (Phi) is 4.46. The van der Waals surface area contributed by atoms with E-state index in [0.717, 1.165) is 5.69 Å². The minimum Gasteiger partial charge on any atom is -0.360 e. The summed E-state index contributed by atoms with van der Waals surface area (Å²) in [5.74, 6) is 1.00. The van der Waals surface area contributed by atoms with Gasteiger partial charge in [-0.05, 0) is 30.5 Å². The van der Waals surface area contributed by atoms with Crippen LogP contribution in [0, 0.1) is 6.92 Å². The molecule has 112 valence electrons. The van der Waals surface area contributed by atoms with Gasteiger partial charge in [0, 0.05) is 11.6 Å². The van der Waals surface area contributed by atoms with E-state index in [1.807, 2.05) is 32.0 Å². The minimum absolute atomic E-state index is 0.119. The molecule has 0 radical (unpaired) electrons. The fraction of sp³-hybridized carbons (Fsp3) is 0.412. The van der Waals surface area contributed by atoms with Crippen molar-refractivity contribution in [3.63, 3.8) is 0 Å². The summed E-state index contributed by atoms with van der Waals surface area (Å²) in [5.41, 5.74) is 3.15. The van der Waals surface area contributed by atoms with Crippen molar-refractivity contribution in [2.45, 2.75) is 46.5 Å². The van der Waals surface area contributed by atoms with Gasteiger partial charge in [-0.1, -0.05) is 45.0 Å². The van der Waals surface area contributed by atoms with Crippen molar-refractivity contribution in [2.75, 3.05) is 5.32 Å². The highest BCUT2D eigenvalue weighted by Crippen LogP contribution is 2.24. The van der Waals surface area contributed by atoms with Crippen LogP contribution in [0.5, 0.6) is 0 Å². The molecule has 0 atom stereocenters. The van der Waals surface area contributed by atoms with Crippen LogP contribution in [-0.4, -0.2) is 11.1 Å². The number of aromatic nitrogens is 1. The molecule has 0 unspecified atom stereocenters. The highest BCUT2D eigenvalue weighted by atomic mass is 16.5. The summed E-state index contributed by atoms with van der Waals surface area (Å²) in [4.78, 5) is 12.5. The number of anilines is 1. The van der Waals surface area contributed by atoms with Gasteiger partial charge in [0.2, 0.25) is 0 Å². The van der Waals surface area contributed by atoms with Gasteiger partial charge in [0.1, 0.15) is 5.56 Å². The lowest BCUT2D eigenvalue weighted by molar-refractivity contribution is 0.102. The summed E-state index contributed by atoms with van der Waals surface area (Å²) in [6.45, 7) is 10.0. The molecule has 0 saturated carbocycles. The van der Waals surface area contributed by atoms with Crippen LogP contribution in [0.3, 0.4) is 0 Å². The third-order valence-corrected chi connectivity index (χ3v) is 3.45. The van der Waals surface area contributed by atoms with Gasteiger partial charge in [0.15, 0.2) is 5.76 Å². The number of hydrogen-bond acceptors (Lipinski definition) is 3. The number of aryl methyl sites for hydroxylation is 1. The first-order valence-corrected chi connectivity index (χ1v) is 7.27. The number of hydrogen-bond donors (Lipinski definition) is 1. The van der Waals surface area contributed by atoms with Gasteiger partial charge in [0.25, 0.3) is 5.91 Å². The number of rotatable bonds is 4. The third kappa shape index (κ3) is 3.32. The van der Waals surface area contributed by atoms with E-state index in [9.17, 15) is 4.79 Å². The van der Waals surface area contributed by atoms with Crippen molar-refractivity contribution < 1.29 is 9.32 Å². The molecular weight excluding hydrogens is 264 g/mol. The zero-order valence-electron chi connectivity index (χ0n) is 13.2. The zero-order chi connectivity index (χ0) is 15.6. The molecule has 0 aliphatic rings. The zero-order valence-corrected chi connectivity index (χ0v) is 13.2. The Labute approximate surface area is 125 Å². The number of carbonyl (C=O) groups excluding carboxylic acids is 1. The lowest BCUT2D eigenvalue weighted by atomic mass is 10.0. The maximum atomic E-state index is 12.5. The van der Waals surface area contributed by atoms with Gasteiger partial charge >= 0.3 is 0 Å². The van der Waals surface area contributed by atoms with Crippen LogP contribution in [0.15, 0.2) is 28.8 Å². The maximum Gasteiger partial charge on any atom is 0.261 e. The van der Waals surface area contributed by atoms with Crippen molar-refractivity contribution in [1.82, 2.24) is 5.16 Å². The predicted octanol–water partition coefficient (Wildman–Crippen LogP) is 4.48. The first-order chi connectivity index (χ1) is 9.90. The number of carbonyl (C=O) groups is 1. The van der Waals surface area contributed by atoms with Crippen LogP contribution >= 0.6 is 0 Å². The van der Waals surface area contributed by atoms with Crippen molar-refractivity contribution in [3.05, 3.63) is 46.8 Å². The van der Waals surface area contributed by atoms with Crippen LogP contribution < -0.4 is 5.32 Å². The van der Waals surface area contributed by atoms with Gasteiger partial charge in [-0.25, -0.2) is 0 Å².